The van der Waals surface area contributed by atoms with Crippen molar-refractivity contribution < 1.29 is 13.9 Å². The predicted octanol–water partition coefficient (Wildman–Crippen LogP) is 5.49. The van der Waals surface area contributed by atoms with E-state index in [0.29, 0.717) is 36.0 Å². The monoisotopic (exact) mass is 403 g/mol. The molecule has 1 aromatic carbocycles. The van der Waals surface area contributed by atoms with Crippen molar-refractivity contribution in [3.63, 3.8) is 0 Å². The highest BCUT2D eigenvalue weighted by atomic mass is 35.5. The summed E-state index contributed by atoms with van der Waals surface area (Å²) in [5.74, 6) is 0.635. The predicted molar refractivity (Wildman–Crippen MR) is 110 cm³/mol. The molecule has 0 aliphatic carbocycles. The number of halogens is 2. The van der Waals surface area contributed by atoms with E-state index < -0.39 is 6.86 Å². The van der Waals surface area contributed by atoms with Crippen molar-refractivity contribution >= 4 is 28.9 Å². The van der Waals surface area contributed by atoms with Gasteiger partial charge in [0.25, 0.3) is 0 Å². The first kappa shape index (κ1) is 20.1. The minimum atomic E-state index is -0.881. The molecule has 0 spiro atoms. The van der Waals surface area contributed by atoms with Crippen molar-refractivity contribution in [1.82, 2.24) is 9.88 Å². The second-order valence-electron chi connectivity index (χ2n) is 6.85. The molecule has 1 aliphatic rings. The third-order valence-corrected chi connectivity index (χ3v) is 4.96. The number of alkyl halides is 1. The lowest BCUT2D eigenvalue weighted by Gasteiger charge is -2.27. The molecule has 0 radical (unpaired) electrons. The van der Waals surface area contributed by atoms with Crippen LogP contribution in [0, 0.1) is 0 Å². The summed E-state index contributed by atoms with van der Waals surface area (Å²) in [4.78, 5) is 18.7. The fourth-order valence-electron chi connectivity index (χ4n) is 3.16. The second kappa shape index (κ2) is 9.06. The van der Waals surface area contributed by atoms with E-state index in [9.17, 15) is 9.18 Å². The van der Waals surface area contributed by atoms with Gasteiger partial charge in [0.1, 0.15) is 5.75 Å². The topological polar surface area (TPSA) is 54.5 Å². The Hall–Kier alpha value is -2.60. The Kier molecular flexibility index (Phi) is 6.52. The zero-order valence-electron chi connectivity index (χ0n) is 15.9. The van der Waals surface area contributed by atoms with Gasteiger partial charge < -0.3 is 15.0 Å². The van der Waals surface area contributed by atoms with Crippen LogP contribution in [0.1, 0.15) is 37.4 Å². The van der Waals surface area contributed by atoms with Gasteiger partial charge in [0.2, 0.25) is 6.86 Å². The highest BCUT2D eigenvalue weighted by Crippen LogP contribution is 2.30. The fourth-order valence-corrected chi connectivity index (χ4v) is 3.40. The second-order valence-corrected chi connectivity index (χ2v) is 7.26. The number of pyridine rings is 1. The number of nitrogens with one attached hydrogen (secondary N) is 1. The number of hydrogen-bond donors (Lipinski definition) is 1. The lowest BCUT2D eigenvalue weighted by atomic mass is 10.0. The first-order valence-electron chi connectivity index (χ1n) is 9.18. The first-order valence-corrected chi connectivity index (χ1v) is 9.56. The lowest BCUT2D eigenvalue weighted by Crippen LogP contribution is -2.38. The number of carbonyl (C=O) groups excluding carboxylic acids is 1. The van der Waals surface area contributed by atoms with Crippen molar-refractivity contribution in [2.24, 2.45) is 0 Å². The van der Waals surface area contributed by atoms with E-state index in [-0.39, 0.29) is 11.9 Å². The summed E-state index contributed by atoms with van der Waals surface area (Å²) in [5.41, 5.74) is 3.32. The van der Waals surface area contributed by atoms with Crippen LogP contribution < -0.4 is 10.1 Å². The quantitative estimate of drug-likeness (QED) is 0.718. The lowest BCUT2D eigenvalue weighted by molar-refractivity contribution is 0.189. The standard InChI is InChI=1S/C21H23ClFN3O2/c1-14(2)17-12-16(5-6-19(17)28-13-23)25-21(27)26-10-7-15(8-11-26)20-18(22)4-3-9-24-20/h3-7,9,12,14H,8,10-11,13H2,1-2H3,(H,25,27). The molecule has 3 rings (SSSR count). The van der Waals surface area contributed by atoms with Crippen LogP contribution in [-0.4, -0.2) is 35.9 Å². The SMILES string of the molecule is CC(C)c1cc(NC(=O)N2CC=C(c3ncccc3Cl)CC2)ccc1OCF. The Morgan fingerprint density at radius 3 is 2.86 bits per heavy atom. The molecule has 2 aromatic rings. The van der Waals surface area contributed by atoms with E-state index in [1.54, 1.807) is 29.3 Å². The maximum absolute atomic E-state index is 12.6. The third-order valence-electron chi connectivity index (χ3n) is 4.65. The average Bonchev–Trinajstić information content (AvgIpc) is 2.69. The molecule has 0 fully saturated rings. The fraction of sp³-hybridized carbons (Fsp3) is 0.333. The minimum absolute atomic E-state index is 0.141. The van der Waals surface area contributed by atoms with E-state index >= 15 is 0 Å². The summed E-state index contributed by atoms with van der Waals surface area (Å²) >= 11 is 6.21. The highest BCUT2D eigenvalue weighted by Gasteiger charge is 2.20. The largest absolute Gasteiger partial charge is 0.463 e. The van der Waals surface area contributed by atoms with E-state index in [1.165, 1.54) is 0 Å². The zero-order chi connectivity index (χ0) is 20.1. The third kappa shape index (κ3) is 4.62. The van der Waals surface area contributed by atoms with Crippen LogP contribution in [-0.2, 0) is 0 Å². The number of anilines is 1. The van der Waals surface area contributed by atoms with Gasteiger partial charge >= 0.3 is 6.03 Å². The Morgan fingerprint density at radius 2 is 2.21 bits per heavy atom. The summed E-state index contributed by atoms with van der Waals surface area (Å²) < 4.78 is 17.6. The smallest absolute Gasteiger partial charge is 0.322 e. The molecular formula is C21H23ClFN3O2. The van der Waals surface area contributed by atoms with Crippen LogP contribution in [0.3, 0.4) is 0 Å². The van der Waals surface area contributed by atoms with Crippen LogP contribution in [0.2, 0.25) is 5.02 Å². The molecule has 1 aromatic heterocycles. The number of aromatic nitrogens is 1. The van der Waals surface area contributed by atoms with Gasteiger partial charge in [0, 0.05) is 25.0 Å². The molecule has 0 unspecified atom stereocenters. The van der Waals surface area contributed by atoms with Crippen LogP contribution in [0.25, 0.3) is 5.57 Å². The van der Waals surface area contributed by atoms with Gasteiger partial charge in [-0.25, -0.2) is 9.18 Å². The molecule has 0 saturated heterocycles. The number of nitrogens with zero attached hydrogens (tertiary/aromatic N) is 2. The summed E-state index contributed by atoms with van der Waals surface area (Å²) in [5, 5.41) is 3.52. The molecule has 1 N–H and O–H groups in total. The van der Waals surface area contributed by atoms with Gasteiger partial charge in [-0.1, -0.05) is 31.5 Å². The number of hydrogen-bond acceptors (Lipinski definition) is 3. The molecule has 148 valence electrons. The molecule has 0 bridgehead atoms. The van der Waals surface area contributed by atoms with Crippen molar-refractivity contribution in [2.75, 3.05) is 25.3 Å². The molecule has 0 saturated carbocycles. The van der Waals surface area contributed by atoms with Gasteiger partial charge in [0.05, 0.1) is 10.7 Å². The number of rotatable bonds is 5. The summed E-state index contributed by atoms with van der Waals surface area (Å²) in [6.45, 7) is 4.16. The van der Waals surface area contributed by atoms with E-state index in [0.717, 1.165) is 16.8 Å². The molecule has 1 aliphatic heterocycles. The number of carbonyl (C=O) groups is 1. The van der Waals surface area contributed by atoms with Crippen LogP contribution in [0.4, 0.5) is 14.9 Å². The van der Waals surface area contributed by atoms with Gasteiger partial charge in [-0.05, 0) is 53.8 Å². The Bertz CT molecular complexity index is 886. The first-order chi connectivity index (χ1) is 13.5. The van der Waals surface area contributed by atoms with Gasteiger partial charge in [-0.15, -0.1) is 0 Å². The molecule has 28 heavy (non-hydrogen) atoms. The number of ether oxygens (including phenoxy) is 1. The number of urea groups is 1. The summed E-state index contributed by atoms with van der Waals surface area (Å²) in [6, 6.07) is 8.65. The van der Waals surface area contributed by atoms with Crippen molar-refractivity contribution in [2.45, 2.75) is 26.2 Å². The molecule has 5 nitrogen and oxygen atoms in total. The maximum atomic E-state index is 12.6. The van der Waals surface area contributed by atoms with Crippen molar-refractivity contribution in [3.05, 3.63) is 58.9 Å². The minimum Gasteiger partial charge on any atom is -0.463 e. The molecular weight excluding hydrogens is 381 g/mol. The van der Waals surface area contributed by atoms with Gasteiger partial charge in [-0.3, -0.25) is 4.98 Å². The van der Waals surface area contributed by atoms with E-state index in [1.807, 2.05) is 32.1 Å². The van der Waals surface area contributed by atoms with Crippen LogP contribution >= 0.6 is 11.6 Å². The van der Waals surface area contributed by atoms with Gasteiger partial charge in [-0.2, -0.15) is 0 Å². The number of amides is 2. The van der Waals surface area contributed by atoms with Crippen molar-refractivity contribution in [1.29, 1.82) is 0 Å². The average molecular weight is 404 g/mol. The van der Waals surface area contributed by atoms with Crippen molar-refractivity contribution in [3.8, 4) is 5.75 Å². The van der Waals surface area contributed by atoms with E-state index in [4.69, 9.17) is 16.3 Å². The highest BCUT2D eigenvalue weighted by molar-refractivity contribution is 6.32. The molecule has 2 amide bonds. The van der Waals surface area contributed by atoms with Crippen LogP contribution in [0.15, 0.2) is 42.6 Å². The van der Waals surface area contributed by atoms with Crippen LogP contribution in [0.5, 0.6) is 5.75 Å². The molecule has 0 atom stereocenters. The Balaban J connectivity index is 1.68. The normalized spacial score (nSPS) is 14.0. The maximum Gasteiger partial charge on any atom is 0.322 e. The zero-order valence-corrected chi connectivity index (χ0v) is 16.7. The number of benzene rings is 1. The van der Waals surface area contributed by atoms with Gasteiger partial charge in [0.15, 0.2) is 0 Å². The summed E-state index contributed by atoms with van der Waals surface area (Å²) in [7, 11) is 0. The van der Waals surface area contributed by atoms with E-state index in [2.05, 4.69) is 10.3 Å². The molecule has 2 heterocycles. The Labute approximate surface area is 169 Å². The Morgan fingerprint density at radius 1 is 1.39 bits per heavy atom. The molecule has 7 heteroatoms. The summed E-state index contributed by atoms with van der Waals surface area (Å²) in [6.07, 6.45) is 4.38.